The lowest BCUT2D eigenvalue weighted by molar-refractivity contribution is 0.416. The number of anilines is 1. The molecule has 1 atom stereocenters. The lowest BCUT2D eigenvalue weighted by Crippen LogP contribution is -2.12. The predicted octanol–water partition coefficient (Wildman–Crippen LogP) is 1.50. The number of nitrogens with zero attached hydrogens (tertiary/aromatic N) is 1. The molecule has 1 fully saturated rings. The molecule has 1 saturated heterocycles. The van der Waals surface area contributed by atoms with Crippen LogP contribution < -0.4 is 15.4 Å². The van der Waals surface area contributed by atoms with E-state index in [1.54, 1.807) is 7.11 Å². The predicted molar refractivity (Wildman–Crippen MR) is 58.2 cm³/mol. The van der Waals surface area contributed by atoms with E-state index in [-0.39, 0.29) is 0 Å². The molecule has 2 rings (SSSR count). The number of rotatable bonds is 3. The third kappa shape index (κ3) is 1.65. The second-order valence-electron chi connectivity index (χ2n) is 3.36. The molecule has 0 bridgehead atoms. The fourth-order valence-electron chi connectivity index (χ4n) is 1.56. The first-order valence-corrected chi connectivity index (χ1v) is 4.94. The van der Waals surface area contributed by atoms with E-state index in [1.165, 1.54) is 0 Å². The van der Waals surface area contributed by atoms with Gasteiger partial charge in [-0.05, 0) is 18.2 Å². The van der Waals surface area contributed by atoms with E-state index in [0.29, 0.717) is 12.6 Å². The molecule has 0 radical (unpaired) electrons. The summed E-state index contributed by atoms with van der Waals surface area (Å²) in [5.41, 5.74) is 6.61. The highest BCUT2D eigenvalue weighted by atomic mass is 35.5. The van der Waals surface area contributed by atoms with Crippen molar-refractivity contribution < 1.29 is 4.74 Å². The molecule has 1 unspecified atom stereocenters. The highest BCUT2D eigenvalue weighted by Gasteiger charge is 2.34. The van der Waals surface area contributed by atoms with Crippen LogP contribution in [0.3, 0.4) is 0 Å². The molecule has 2 N–H and O–H groups in total. The molecule has 4 heteroatoms. The van der Waals surface area contributed by atoms with Gasteiger partial charge in [0.15, 0.2) is 0 Å². The average Bonchev–Trinajstić information content (AvgIpc) is 2.96. The van der Waals surface area contributed by atoms with E-state index in [2.05, 4.69) is 4.90 Å². The van der Waals surface area contributed by atoms with Crippen molar-refractivity contribution in [2.45, 2.75) is 6.04 Å². The minimum Gasteiger partial charge on any atom is -0.495 e. The Balaban J connectivity index is 2.27. The molecule has 0 saturated carbocycles. The Hall–Kier alpha value is -0.930. The Kier molecular flexibility index (Phi) is 2.52. The van der Waals surface area contributed by atoms with Crippen LogP contribution in [0.1, 0.15) is 0 Å². The zero-order valence-corrected chi connectivity index (χ0v) is 8.79. The second-order valence-corrected chi connectivity index (χ2v) is 3.79. The van der Waals surface area contributed by atoms with Crippen LogP contribution in [-0.4, -0.2) is 26.2 Å². The Morgan fingerprint density at radius 3 is 3.00 bits per heavy atom. The Labute approximate surface area is 88.4 Å². The Morgan fingerprint density at radius 1 is 1.64 bits per heavy atom. The summed E-state index contributed by atoms with van der Waals surface area (Å²) in [6.07, 6.45) is 0. The maximum absolute atomic E-state index is 5.92. The number of hydrogen-bond acceptors (Lipinski definition) is 3. The van der Waals surface area contributed by atoms with Gasteiger partial charge in [-0.25, -0.2) is 0 Å². The smallest absolute Gasteiger partial charge is 0.142 e. The first kappa shape index (κ1) is 9.62. The normalized spacial score (nSPS) is 19.6. The van der Waals surface area contributed by atoms with Crippen molar-refractivity contribution in [3.63, 3.8) is 0 Å². The summed E-state index contributed by atoms with van der Waals surface area (Å²) in [6, 6.07) is 6.06. The van der Waals surface area contributed by atoms with Gasteiger partial charge in [-0.15, -0.1) is 0 Å². The van der Waals surface area contributed by atoms with Gasteiger partial charge >= 0.3 is 0 Å². The van der Waals surface area contributed by atoms with Gasteiger partial charge in [-0.3, -0.25) is 0 Å². The third-order valence-corrected chi connectivity index (χ3v) is 2.67. The van der Waals surface area contributed by atoms with E-state index in [4.69, 9.17) is 22.1 Å². The van der Waals surface area contributed by atoms with Crippen LogP contribution in [0, 0.1) is 0 Å². The number of hydrogen-bond donors (Lipinski definition) is 1. The molecule has 76 valence electrons. The van der Waals surface area contributed by atoms with Crippen molar-refractivity contribution in [2.75, 3.05) is 25.1 Å². The molecule has 1 aromatic rings. The van der Waals surface area contributed by atoms with Crippen LogP contribution in [-0.2, 0) is 0 Å². The standard InChI is InChI=1S/C10H13ClN2O/c1-14-10-3-2-7(11)4-9(10)13-6-8(13)5-12/h2-4,8H,5-6,12H2,1H3. The van der Waals surface area contributed by atoms with Crippen molar-refractivity contribution in [2.24, 2.45) is 5.73 Å². The van der Waals surface area contributed by atoms with Crippen molar-refractivity contribution in [1.82, 2.24) is 0 Å². The average molecular weight is 213 g/mol. The minimum atomic E-state index is 0.447. The molecule has 0 aromatic heterocycles. The van der Waals surface area contributed by atoms with E-state index in [0.717, 1.165) is 23.0 Å². The van der Waals surface area contributed by atoms with Crippen LogP contribution in [0.5, 0.6) is 5.75 Å². The zero-order valence-electron chi connectivity index (χ0n) is 8.03. The fourth-order valence-corrected chi connectivity index (χ4v) is 1.73. The minimum absolute atomic E-state index is 0.447. The third-order valence-electron chi connectivity index (χ3n) is 2.44. The Morgan fingerprint density at radius 2 is 2.43 bits per heavy atom. The van der Waals surface area contributed by atoms with Crippen molar-refractivity contribution in [3.05, 3.63) is 23.2 Å². The molecule has 0 spiro atoms. The van der Waals surface area contributed by atoms with Crippen molar-refractivity contribution in [3.8, 4) is 5.75 Å². The fraction of sp³-hybridized carbons (Fsp3) is 0.400. The van der Waals surface area contributed by atoms with Gasteiger partial charge in [-0.2, -0.15) is 0 Å². The molecular weight excluding hydrogens is 200 g/mol. The molecule has 14 heavy (non-hydrogen) atoms. The van der Waals surface area contributed by atoms with Gasteiger partial charge in [0.05, 0.1) is 18.8 Å². The zero-order chi connectivity index (χ0) is 10.1. The van der Waals surface area contributed by atoms with Crippen molar-refractivity contribution >= 4 is 17.3 Å². The van der Waals surface area contributed by atoms with Crippen LogP contribution in [0.15, 0.2) is 18.2 Å². The molecule has 0 aliphatic carbocycles. The molecule has 1 aliphatic rings. The first-order valence-electron chi connectivity index (χ1n) is 4.56. The summed E-state index contributed by atoms with van der Waals surface area (Å²) in [5.74, 6) is 0.852. The topological polar surface area (TPSA) is 38.3 Å². The van der Waals surface area contributed by atoms with E-state index in [1.807, 2.05) is 18.2 Å². The summed E-state index contributed by atoms with van der Waals surface area (Å²) in [6.45, 7) is 1.67. The van der Waals surface area contributed by atoms with E-state index >= 15 is 0 Å². The lowest BCUT2D eigenvalue weighted by Gasteiger charge is -2.10. The van der Waals surface area contributed by atoms with Gasteiger partial charge < -0.3 is 15.4 Å². The van der Waals surface area contributed by atoms with Gasteiger partial charge in [0.2, 0.25) is 0 Å². The molecule has 3 nitrogen and oxygen atoms in total. The van der Waals surface area contributed by atoms with Crippen LogP contribution in [0.2, 0.25) is 5.02 Å². The number of methoxy groups -OCH3 is 1. The first-order chi connectivity index (χ1) is 6.76. The molecule has 1 heterocycles. The molecule has 1 aromatic carbocycles. The highest BCUT2D eigenvalue weighted by Crippen LogP contribution is 2.37. The van der Waals surface area contributed by atoms with Gasteiger partial charge in [0.25, 0.3) is 0 Å². The quantitative estimate of drug-likeness (QED) is 0.772. The second kappa shape index (κ2) is 3.67. The number of nitrogens with two attached hydrogens (primary N) is 1. The highest BCUT2D eigenvalue weighted by molar-refractivity contribution is 6.31. The van der Waals surface area contributed by atoms with Crippen LogP contribution in [0.25, 0.3) is 0 Å². The van der Waals surface area contributed by atoms with Crippen LogP contribution in [0.4, 0.5) is 5.69 Å². The maximum Gasteiger partial charge on any atom is 0.142 e. The van der Waals surface area contributed by atoms with E-state index < -0.39 is 0 Å². The van der Waals surface area contributed by atoms with Gasteiger partial charge in [-0.1, -0.05) is 11.6 Å². The summed E-state index contributed by atoms with van der Waals surface area (Å²) < 4.78 is 5.25. The Bertz CT molecular complexity index is 343. The molecule has 1 aliphatic heterocycles. The monoisotopic (exact) mass is 212 g/mol. The number of halogens is 1. The van der Waals surface area contributed by atoms with Gasteiger partial charge in [0.1, 0.15) is 5.75 Å². The molecular formula is C10H13ClN2O. The lowest BCUT2D eigenvalue weighted by atomic mass is 10.3. The van der Waals surface area contributed by atoms with Crippen molar-refractivity contribution in [1.29, 1.82) is 0 Å². The van der Waals surface area contributed by atoms with E-state index in [9.17, 15) is 0 Å². The number of ether oxygens (including phenoxy) is 1. The summed E-state index contributed by atoms with van der Waals surface area (Å²) in [5, 5.41) is 0.725. The van der Waals surface area contributed by atoms with Gasteiger partial charge in [0, 0.05) is 18.1 Å². The van der Waals surface area contributed by atoms with Crippen LogP contribution >= 0.6 is 11.6 Å². The SMILES string of the molecule is COc1ccc(Cl)cc1N1CC1CN. The molecule has 0 amide bonds. The summed E-state index contributed by atoms with van der Waals surface area (Å²) in [4.78, 5) is 2.19. The summed E-state index contributed by atoms with van der Waals surface area (Å²) >= 11 is 5.92. The number of benzene rings is 1. The maximum atomic E-state index is 5.92. The largest absolute Gasteiger partial charge is 0.495 e. The summed E-state index contributed by atoms with van der Waals surface area (Å²) in [7, 11) is 1.66.